The van der Waals surface area contributed by atoms with E-state index in [2.05, 4.69) is 51.6 Å². The van der Waals surface area contributed by atoms with Gasteiger partial charge in [-0.1, -0.05) is 101 Å². The van der Waals surface area contributed by atoms with E-state index in [1.165, 1.54) is 44.1 Å². The van der Waals surface area contributed by atoms with E-state index in [9.17, 15) is 10.2 Å². The lowest BCUT2D eigenvalue weighted by Crippen LogP contribution is -2.70. The molecule has 12 heteroatoms. The number of allylic oxidation sites excluding steroid dienone is 1. The predicted molar refractivity (Wildman–Crippen MR) is 281 cm³/mol. The molecule has 392 valence electrons. The predicted octanol–water partition coefficient (Wildman–Crippen LogP) is 12.9. The largest absolute Gasteiger partial charge is 0.459 e. The van der Waals surface area contributed by atoms with Crippen LogP contribution in [0.5, 0.6) is 28.7 Å². The third-order valence-corrected chi connectivity index (χ3v) is 15.8. The highest BCUT2D eigenvalue weighted by Gasteiger charge is 2.65. The van der Waals surface area contributed by atoms with E-state index < -0.39 is 24.0 Å². The number of carbonyl (C=O) groups excluding carboxylic acids is 1. The van der Waals surface area contributed by atoms with Gasteiger partial charge < -0.3 is 48.4 Å². The zero-order chi connectivity index (χ0) is 50.3. The Hall–Kier alpha value is -4.88. The van der Waals surface area contributed by atoms with Crippen LogP contribution in [0.1, 0.15) is 164 Å². The number of aliphatic hydroxyl groups excluding tert-OH is 2. The molecule has 8 rings (SSSR count). The molecule has 1 amide bonds. The lowest BCUT2D eigenvalue weighted by atomic mass is 9.55. The minimum atomic E-state index is -1.40. The van der Waals surface area contributed by atoms with E-state index in [1.807, 2.05) is 41.3 Å². The maximum atomic E-state index is 15.5. The second kappa shape index (κ2) is 26.4. The zero-order valence-electron chi connectivity index (χ0n) is 43.5. The number of aryl methyl sites for hydroxylation is 2. The van der Waals surface area contributed by atoms with Crippen LogP contribution in [-0.4, -0.2) is 78.1 Å². The molecule has 72 heavy (non-hydrogen) atoms. The van der Waals surface area contributed by atoms with Crippen LogP contribution >= 0.6 is 0 Å². The molecule has 3 aliphatic heterocycles. The fraction of sp³-hybridized carbons (Fsp3) is 0.600. The summed E-state index contributed by atoms with van der Waals surface area (Å²) >= 11 is 0. The van der Waals surface area contributed by atoms with Crippen LogP contribution in [0.3, 0.4) is 0 Å². The maximum absolute atomic E-state index is 15.5. The lowest BCUT2D eigenvalue weighted by Gasteiger charge is -2.60. The molecule has 2 aliphatic carbocycles. The molecule has 7 atom stereocenters. The summed E-state index contributed by atoms with van der Waals surface area (Å²) in [7, 11) is 0. The molecule has 0 aromatic heterocycles. The Morgan fingerprint density at radius 1 is 0.833 bits per heavy atom. The van der Waals surface area contributed by atoms with Gasteiger partial charge >= 0.3 is 0 Å². The number of amides is 1. The van der Waals surface area contributed by atoms with Crippen molar-refractivity contribution < 1.29 is 48.3 Å². The van der Waals surface area contributed by atoms with Crippen molar-refractivity contribution >= 4 is 11.6 Å². The molecule has 2 fully saturated rings. The van der Waals surface area contributed by atoms with Crippen LogP contribution in [0.4, 0.5) is 0 Å². The second-order valence-electron chi connectivity index (χ2n) is 20.8. The van der Waals surface area contributed by atoms with Crippen LogP contribution in [0.15, 0.2) is 84.1 Å². The molecule has 0 radical (unpaired) electrons. The SMILES string of the molecule is C=CCOC12Oc3ccc(Oc4ccc(C)c(C)c4)cc3C3C(CCCCO)C(CCCCO)C=C(C(=NOC4CCCCO4)CC1N(Cc1ccc4c(c1)OCO4)C(=O)CCCCCCCCCCC)C32. The van der Waals surface area contributed by atoms with Crippen molar-refractivity contribution in [1.82, 2.24) is 4.90 Å². The Kier molecular flexibility index (Phi) is 19.6. The summed E-state index contributed by atoms with van der Waals surface area (Å²) in [5, 5.41) is 25.3. The summed E-state index contributed by atoms with van der Waals surface area (Å²) < 4.78 is 39.3. The average molecular weight is 991 g/mol. The Morgan fingerprint density at radius 3 is 2.32 bits per heavy atom. The van der Waals surface area contributed by atoms with Gasteiger partial charge in [-0.25, -0.2) is 0 Å². The number of unbranched alkanes of at least 4 members (excludes halogenated alkanes) is 10. The first kappa shape index (κ1) is 53.4. The van der Waals surface area contributed by atoms with E-state index >= 15 is 4.79 Å². The van der Waals surface area contributed by atoms with Gasteiger partial charge in [-0.05, 0) is 135 Å². The highest BCUT2D eigenvalue weighted by Crippen LogP contribution is 2.62. The fourth-order valence-corrected chi connectivity index (χ4v) is 11.9. The summed E-state index contributed by atoms with van der Waals surface area (Å²) in [5.41, 5.74) is 5.99. The minimum absolute atomic E-state index is 0.0192. The Morgan fingerprint density at radius 2 is 1.57 bits per heavy atom. The number of fused-ring (bicyclic) bond motifs is 3. The lowest BCUT2D eigenvalue weighted by molar-refractivity contribution is -0.258. The van der Waals surface area contributed by atoms with Gasteiger partial charge in [0.05, 0.1) is 24.8 Å². The van der Waals surface area contributed by atoms with Crippen molar-refractivity contribution in [2.75, 3.05) is 33.2 Å². The van der Waals surface area contributed by atoms with Crippen LogP contribution in [0.25, 0.3) is 0 Å². The monoisotopic (exact) mass is 991 g/mol. The number of hydrogen-bond acceptors (Lipinski definition) is 11. The number of carbonyl (C=O) groups is 1. The van der Waals surface area contributed by atoms with Crippen LogP contribution in [0.2, 0.25) is 0 Å². The molecule has 0 bridgehead atoms. The van der Waals surface area contributed by atoms with Crippen molar-refractivity contribution in [1.29, 1.82) is 0 Å². The molecule has 1 saturated carbocycles. The maximum Gasteiger partial charge on any atom is 0.239 e. The van der Waals surface area contributed by atoms with Gasteiger partial charge in [0, 0.05) is 50.5 Å². The van der Waals surface area contributed by atoms with Gasteiger partial charge in [0.15, 0.2) is 11.5 Å². The normalized spacial score (nSPS) is 24.5. The molecule has 3 heterocycles. The molecular formula is C60H82N2O10. The Balaban J connectivity index is 1.27. The highest BCUT2D eigenvalue weighted by molar-refractivity contribution is 6.03. The minimum Gasteiger partial charge on any atom is -0.459 e. The number of benzene rings is 3. The third-order valence-electron chi connectivity index (χ3n) is 15.8. The summed E-state index contributed by atoms with van der Waals surface area (Å²) in [4.78, 5) is 23.9. The Labute approximate surface area is 429 Å². The average Bonchev–Trinajstić information content (AvgIpc) is 3.87. The Bertz CT molecular complexity index is 2310. The van der Waals surface area contributed by atoms with E-state index in [0.29, 0.717) is 55.3 Å². The number of hydrogen-bond donors (Lipinski definition) is 2. The molecule has 0 spiro atoms. The third kappa shape index (κ3) is 12.9. The van der Waals surface area contributed by atoms with Gasteiger partial charge in [-0.15, -0.1) is 6.58 Å². The first-order valence-electron chi connectivity index (χ1n) is 27.6. The second-order valence-corrected chi connectivity index (χ2v) is 20.8. The first-order chi connectivity index (χ1) is 35.3. The molecule has 3 aromatic rings. The van der Waals surface area contributed by atoms with Gasteiger partial charge in [0.1, 0.15) is 23.3 Å². The summed E-state index contributed by atoms with van der Waals surface area (Å²) in [5.74, 6) is 1.59. The van der Waals surface area contributed by atoms with Gasteiger partial charge in [0.25, 0.3) is 0 Å². The van der Waals surface area contributed by atoms with Gasteiger partial charge in [-0.3, -0.25) is 4.79 Å². The quantitative estimate of drug-likeness (QED) is 0.0411. The van der Waals surface area contributed by atoms with E-state index in [-0.39, 0.29) is 56.8 Å². The van der Waals surface area contributed by atoms with Crippen molar-refractivity contribution in [3.05, 3.63) is 101 Å². The number of rotatable bonds is 28. The van der Waals surface area contributed by atoms with Crippen LogP contribution in [0, 0.1) is 31.6 Å². The van der Waals surface area contributed by atoms with Crippen molar-refractivity contribution in [2.24, 2.45) is 22.9 Å². The van der Waals surface area contributed by atoms with Crippen molar-refractivity contribution in [2.45, 2.75) is 180 Å². The van der Waals surface area contributed by atoms with Crippen molar-refractivity contribution in [3.63, 3.8) is 0 Å². The number of aliphatic hydroxyl groups is 2. The summed E-state index contributed by atoms with van der Waals surface area (Å²) in [6.45, 7) is 12.0. The van der Waals surface area contributed by atoms with Crippen molar-refractivity contribution in [3.8, 4) is 28.7 Å². The summed E-state index contributed by atoms with van der Waals surface area (Å²) in [6.07, 6.45) is 22.1. The molecule has 3 aromatic carbocycles. The smallest absolute Gasteiger partial charge is 0.239 e. The fourth-order valence-electron chi connectivity index (χ4n) is 11.9. The van der Waals surface area contributed by atoms with Gasteiger partial charge in [-0.2, -0.15) is 0 Å². The molecule has 5 aliphatic rings. The topological polar surface area (TPSA) is 138 Å². The number of oxime groups is 1. The first-order valence-corrected chi connectivity index (χ1v) is 27.6. The van der Waals surface area contributed by atoms with Crippen LogP contribution < -0.4 is 18.9 Å². The molecule has 12 nitrogen and oxygen atoms in total. The van der Waals surface area contributed by atoms with Gasteiger partial charge in [0.2, 0.25) is 24.8 Å². The molecule has 7 unspecified atom stereocenters. The summed E-state index contributed by atoms with van der Waals surface area (Å²) in [6, 6.07) is 17.5. The highest BCUT2D eigenvalue weighted by atomic mass is 16.8. The zero-order valence-corrected chi connectivity index (χ0v) is 43.5. The standard InChI is InChI=1S/C60H82N2O10/c1-5-7-8-9-10-11-12-13-14-23-56(65)62(40-44-26-29-53-54(36-44)68-41-67-53)55-39-51(61-72-57-24-17-20-34-66-57)49-37-45(21-15-18-31-63)48(22-16-19-32-64)58-50-38-47(70-46-27-25-42(3)43(4)35-46)28-30-52(50)71-60(55,59(49)58)69-33-6-2/h6,25-30,35-38,45,48,55,57-59,63-64H,2,5,7-24,31-34,39-41H2,1,3-4H3. The molecular weight excluding hydrogens is 909 g/mol. The van der Waals surface area contributed by atoms with Crippen LogP contribution in [-0.2, 0) is 25.7 Å². The van der Waals surface area contributed by atoms with E-state index in [1.54, 1.807) is 6.08 Å². The number of nitrogens with zero attached hydrogens (tertiary/aromatic N) is 2. The van der Waals surface area contributed by atoms with E-state index in [4.69, 9.17) is 38.4 Å². The molecule has 1 saturated heterocycles. The molecule has 2 N–H and O–H groups in total. The van der Waals surface area contributed by atoms with E-state index in [0.717, 1.165) is 97.9 Å². The number of ether oxygens (including phenoxy) is 6.